The molecule has 0 amide bonds. The highest BCUT2D eigenvalue weighted by atomic mass is 16.5. The molecular weight excluding hydrogens is 364 g/mol. The van der Waals surface area contributed by atoms with Gasteiger partial charge in [0.15, 0.2) is 5.76 Å². The summed E-state index contributed by atoms with van der Waals surface area (Å²) in [6.45, 7) is 2.09. The summed E-state index contributed by atoms with van der Waals surface area (Å²) in [5.41, 5.74) is 3.96. The summed E-state index contributed by atoms with van der Waals surface area (Å²) in [4.78, 5) is 10.8. The third kappa shape index (κ3) is 3.77. The lowest BCUT2D eigenvalue weighted by atomic mass is 9.94. The lowest BCUT2D eigenvalue weighted by molar-refractivity contribution is 0.140. The first-order valence-electron chi connectivity index (χ1n) is 9.85. The summed E-state index contributed by atoms with van der Waals surface area (Å²) in [7, 11) is 0. The Morgan fingerprint density at radius 2 is 2.00 bits per heavy atom. The van der Waals surface area contributed by atoms with Gasteiger partial charge in [-0.1, -0.05) is 23.4 Å². The monoisotopic (exact) mass is 386 g/mol. The van der Waals surface area contributed by atoms with Gasteiger partial charge in [0.2, 0.25) is 0 Å². The van der Waals surface area contributed by atoms with Gasteiger partial charge in [0.05, 0.1) is 18.2 Å². The van der Waals surface area contributed by atoms with Gasteiger partial charge in [0.25, 0.3) is 0 Å². The van der Waals surface area contributed by atoms with Crippen molar-refractivity contribution >= 4 is 10.9 Å². The van der Waals surface area contributed by atoms with E-state index in [1.54, 1.807) is 12.4 Å². The average Bonchev–Trinajstić information content (AvgIpc) is 3.36. The zero-order valence-corrected chi connectivity index (χ0v) is 16.0. The van der Waals surface area contributed by atoms with E-state index in [1.165, 1.54) is 5.56 Å². The third-order valence-electron chi connectivity index (χ3n) is 5.60. The fourth-order valence-electron chi connectivity index (χ4n) is 4.14. The summed E-state index contributed by atoms with van der Waals surface area (Å²) in [5, 5.41) is 16.0. The molecule has 146 valence electrons. The van der Waals surface area contributed by atoms with Crippen LogP contribution in [0.2, 0.25) is 0 Å². The molecule has 4 aromatic rings. The first-order valence-corrected chi connectivity index (χ1v) is 9.85. The van der Waals surface area contributed by atoms with Crippen LogP contribution in [0.5, 0.6) is 0 Å². The first-order chi connectivity index (χ1) is 14.3. The number of aliphatic hydroxyl groups excluding tert-OH is 1. The largest absolute Gasteiger partial charge is 0.391 e. The van der Waals surface area contributed by atoms with Crippen LogP contribution in [-0.2, 0) is 13.0 Å². The van der Waals surface area contributed by atoms with Crippen LogP contribution in [0.25, 0.3) is 22.2 Å². The van der Waals surface area contributed by atoms with E-state index < -0.39 is 0 Å². The number of hydrogen-bond acceptors (Lipinski definition) is 6. The van der Waals surface area contributed by atoms with Crippen molar-refractivity contribution < 1.29 is 9.63 Å². The second-order valence-electron chi connectivity index (χ2n) is 7.63. The fourth-order valence-corrected chi connectivity index (χ4v) is 4.14. The van der Waals surface area contributed by atoms with Gasteiger partial charge in [0, 0.05) is 54.6 Å². The molecule has 1 aliphatic rings. The smallest absolute Gasteiger partial charge is 0.151 e. The molecule has 4 heterocycles. The van der Waals surface area contributed by atoms with Crippen LogP contribution in [0.4, 0.5) is 0 Å². The number of hydrogen-bond donors (Lipinski definition) is 1. The molecule has 2 atom stereocenters. The fraction of sp³-hybridized carbons (Fsp3) is 0.261. The zero-order valence-electron chi connectivity index (χ0n) is 16.0. The number of aromatic nitrogens is 3. The van der Waals surface area contributed by atoms with Crippen LogP contribution in [0.3, 0.4) is 0 Å². The van der Waals surface area contributed by atoms with Crippen molar-refractivity contribution in [2.45, 2.75) is 19.1 Å². The summed E-state index contributed by atoms with van der Waals surface area (Å²) in [5.74, 6) is 0.979. The lowest BCUT2D eigenvalue weighted by Crippen LogP contribution is -2.21. The van der Waals surface area contributed by atoms with Crippen molar-refractivity contribution in [2.75, 3.05) is 13.1 Å². The molecule has 0 spiro atoms. The van der Waals surface area contributed by atoms with Gasteiger partial charge in [-0.25, -0.2) is 0 Å². The highest BCUT2D eigenvalue weighted by Gasteiger charge is 2.32. The van der Waals surface area contributed by atoms with Crippen LogP contribution >= 0.6 is 0 Å². The average molecular weight is 386 g/mol. The molecule has 5 rings (SSSR count). The minimum Gasteiger partial charge on any atom is -0.391 e. The van der Waals surface area contributed by atoms with Crippen molar-refractivity contribution in [1.82, 2.24) is 20.0 Å². The number of nitrogens with zero attached hydrogens (tertiary/aromatic N) is 4. The zero-order chi connectivity index (χ0) is 19.6. The first kappa shape index (κ1) is 18.0. The minimum absolute atomic E-state index is 0.182. The van der Waals surface area contributed by atoms with Gasteiger partial charge in [-0.2, -0.15) is 0 Å². The summed E-state index contributed by atoms with van der Waals surface area (Å²) in [6.07, 6.45) is 5.84. The highest BCUT2D eigenvalue weighted by molar-refractivity contribution is 5.81. The second kappa shape index (κ2) is 7.73. The molecule has 0 aliphatic carbocycles. The lowest BCUT2D eigenvalue weighted by Gasteiger charge is -2.15. The quantitative estimate of drug-likeness (QED) is 0.567. The van der Waals surface area contributed by atoms with Crippen LogP contribution in [0.15, 0.2) is 71.6 Å². The topological polar surface area (TPSA) is 75.3 Å². The van der Waals surface area contributed by atoms with Gasteiger partial charge >= 0.3 is 0 Å². The number of aliphatic hydroxyl groups is 1. The molecule has 1 saturated heterocycles. The normalized spacial score (nSPS) is 19.8. The van der Waals surface area contributed by atoms with Crippen molar-refractivity contribution in [3.63, 3.8) is 0 Å². The molecule has 0 unspecified atom stereocenters. The van der Waals surface area contributed by atoms with Crippen molar-refractivity contribution in [2.24, 2.45) is 5.92 Å². The maximum absolute atomic E-state index is 10.6. The van der Waals surface area contributed by atoms with E-state index in [0.29, 0.717) is 13.1 Å². The van der Waals surface area contributed by atoms with E-state index in [2.05, 4.69) is 32.2 Å². The van der Waals surface area contributed by atoms with Crippen LogP contribution in [-0.4, -0.2) is 44.3 Å². The predicted octanol–water partition coefficient (Wildman–Crippen LogP) is 3.32. The summed E-state index contributed by atoms with van der Waals surface area (Å²) >= 11 is 0. The minimum atomic E-state index is -0.359. The Morgan fingerprint density at radius 3 is 2.90 bits per heavy atom. The Kier molecular flexibility index (Phi) is 4.79. The standard InChI is InChI=1S/C23H22N4O2/c28-23-15-27(14-19-11-22(26-29-19)17-4-3-8-24-12-17)13-18(23)10-16-7-9-25-21-6-2-1-5-20(16)21/h1-9,11-12,18,23,28H,10,13-15H2/t18-,23+/m1/s1. The Balaban J connectivity index is 1.27. The van der Waals surface area contributed by atoms with Crippen molar-refractivity contribution in [3.8, 4) is 11.3 Å². The molecule has 0 bridgehead atoms. The molecule has 0 radical (unpaired) electrons. The maximum atomic E-state index is 10.6. The number of para-hydroxylation sites is 1. The Morgan fingerprint density at radius 1 is 1.07 bits per heavy atom. The van der Waals surface area contributed by atoms with Gasteiger partial charge in [-0.3, -0.25) is 14.9 Å². The SMILES string of the molecule is O[C@H]1CN(Cc2cc(-c3cccnc3)no2)C[C@H]1Cc1ccnc2ccccc12. The Labute approximate surface area is 168 Å². The predicted molar refractivity (Wildman–Crippen MR) is 110 cm³/mol. The molecule has 6 heteroatoms. The molecular formula is C23H22N4O2. The molecule has 29 heavy (non-hydrogen) atoms. The maximum Gasteiger partial charge on any atom is 0.151 e. The van der Waals surface area contributed by atoms with E-state index in [0.717, 1.165) is 40.9 Å². The second-order valence-corrected chi connectivity index (χ2v) is 7.63. The number of likely N-dealkylation sites (tertiary alicyclic amines) is 1. The van der Waals surface area contributed by atoms with Crippen LogP contribution in [0, 0.1) is 5.92 Å². The van der Waals surface area contributed by atoms with Gasteiger partial charge < -0.3 is 9.63 Å². The number of fused-ring (bicyclic) bond motifs is 1. The van der Waals surface area contributed by atoms with Gasteiger partial charge in [-0.05, 0) is 36.2 Å². The summed E-state index contributed by atoms with van der Waals surface area (Å²) in [6, 6.07) is 16.0. The molecule has 0 saturated carbocycles. The van der Waals surface area contributed by atoms with Gasteiger partial charge in [-0.15, -0.1) is 0 Å². The third-order valence-corrected chi connectivity index (χ3v) is 5.60. The number of β-amino-alcohol motifs (C(OH)–C–C–N with tert-alkyl or cyclic N) is 1. The molecule has 6 nitrogen and oxygen atoms in total. The molecule has 3 aromatic heterocycles. The Hall–Kier alpha value is -3.09. The van der Waals surface area contributed by atoms with Crippen molar-refractivity contribution in [1.29, 1.82) is 0 Å². The van der Waals surface area contributed by atoms with Crippen molar-refractivity contribution in [3.05, 3.63) is 78.4 Å². The summed E-state index contributed by atoms with van der Waals surface area (Å²) < 4.78 is 5.52. The van der Waals surface area contributed by atoms with E-state index in [1.807, 2.05) is 42.6 Å². The van der Waals surface area contributed by atoms with Crippen LogP contribution < -0.4 is 0 Å². The Bertz CT molecular complexity index is 1110. The number of pyridine rings is 2. The van der Waals surface area contributed by atoms with E-state index in [4.69, 9.17) is 4.52 Å². The van der Waals surface area contributed by atoms with E-state index in [-0.39, 0.29) is 12.0 Å². The molecule has 1 fully saturated rings. The highest BCUT2D eigenvalue weighted by Crippen LogP contribution is 2.27. The van der Waals surface area contributed by atoms with E-state index in [9.17, 15) is 5.11 Å². The van der Waals surface area contributed by atoms with Gasteiger partial charge in [0.1, 0.15) is 5.69 Å². The number of rotatable bonds is 5. The molecule has 1 aliphatic heterocycles. The number of benzene rings is 1. The molecule has 1 aromatic carbocycles. The van der Waals surface area contributed by atoms with Crippen LogP contribution in [0.1, 0.15) is 11.3 Å². The molecule has 1 N–H and O–H groups in total. The van der Waals surface area contributed by atoms with E-state index >= 15 is 0 Å².